The molecule has 0 spiro atoms. The summed E-state index contributed by atoms with van der Waals surface area (Å²) in [6.45, 7) is 3.99. The van der Waals surface area contributed by atoms with Crippen molar-refractivity contribution < 1.29 is 4.74 Å². The minimum Gasteiger partial charge on any atom is -0.482 e. The van der Waals surface area contributed by atoms with E-state index in [-0.39, 0.29) is 11.9 Å². The lowest BCUT2D eigenvalue weighted by atomic mass is 10.0. The first-order valence-corrected chi connectivity index (χ1v) is 10.2. The van der Waals surface area contributed by atoms with Gasteiger partial charge < -0.3 is 15.4 Å². The quantitative estimate of drug-likeness (QED) is 0.582. The maximum absolute atomic E-state index is 9.85. The number of hydrogen-bond acceptors (Lipinski definition) is 8. The number of nitrogens with zero attached hydrogens (tertiary/aromatic N) is 7. The van der Waals surface area contributed by atoms with Crippen molar-refractivity contribution in [2.45, 2.75) is 20.0 Å². The average Bonchev–Trinajstić information content (AvgIpc) is 3.09. The lowest BCUT2D eigenvalue weighted by Crippen LogP contribution is -2.38. The van der Waals surface area contributed by atoms with Crippen LogP contribution in [0.1, 0.15) is 29.8 Å². The van der Waals surface area contributed by atoms with Gasteiger partial charge in [-0.1, -0.05) is 17.7 Å². The Morgan fingerprint density at radius 2 is 1.97 bits per heavy atom. The van der Waals surface area contributed by atoms with Crippen molar-refractivity contribution >= 4 is 23.3 Å². The van der Waals surface area contributed by atoms with Crippen LogP contribution in [-0.2, 0) is 7.05 Å². The van der Waals surface area contributed by atoms with Gasteiger partial charge in [-0.2, -0.15) is 10.4 Å². The Kier molecular flexibility index (Phi) is 5.22. The molecule has 2 aromatic heterocycles. The summed E-state index contributed by atoms with van der Waals surface area (Å²) in [7, 11) is 7.47. The van der Waals surface area contributed by atoms with E-state index in [0.717, 1.165) is 16.8 Å². The van der Waals surface area contributed by atoms with Crippen molar-refractivity contribution in [1.82, 2.24) is 19.7 Å². The van der Waals surface area contributed by atoms with E-state index in [9.17, 15) is 5.26 Å². The molecule has 1 aromatic carbocycles. The molecule has 4 rings (SSSR count). The number of hydrogen-bond donors (Lipinski definition) is 1. The zero-order chi connectivity index (χ0) is 23.2. The zero-order valence-electron chi connectivity index (χ0n) is 19.1. The maximum atomic E-state index is 9.85. The summed E-state index contributed by atoms with van der Waals surface area (Å²) in [4.78, 5) is 13.1. The smallest absolute Gasteiger partial charge is 0.206 e. The minimum atomic E-state index is -0.329. The van der Waals surface area contributed by atoms with E-state index in [2.05, 4.69) is 22.2 Å². The molecular formula is C23H26N8O. The van der Waals surface area contributed by atoms with Gasteiger partial charge in [0.25, 0.3) is 0 Å². The molecule has 164 valence electrons. The standard InChI is InChI=1S/C23H26N8O/c1-13-7-8-17-16(9-13)14(2)32-19-10-15(12-26-21(19)25)20-18(11-24)31(6)28-22(20)30(5)23(27-17)29(3)4/h7-10,12,14H,1-6H3,(H2,25,26)/t14-/m1/s1. The molecular weight excluding hydrogens is 404 g/mol. The minimum absolute atomic E-state index is 0.279. The molecule has 0 fully saturated rings. The van der Waals surface area contributed by atoms with Crippen molar-refractivity contribution in [3.8, 4) is 22.9 Å². The van der Waals surface area contributed by atoms with E-state index >= 15 is 0 Å². The molecule has 1 aliphatic rings. The van der Waals surface area contributed by atoms with Crippen molar-refractivity contribution in [1.29, 1.82) is 5.26 Å². The van der Waals surface area contributed by atoms with E-state index in [1.807, 2.05) is 63.0 Å². The van der Waals surface area contributed by atoms with Crippen molar-refractivity contribution in [3.05, 3.63) is 47.3 Å². The number of guanidine groups is 1. The van der Waals surface area contributed by atoms with Crippen LogP contribution in [0.5, 0.6) is 5.75 Å². The van der Waals surface area contributed by atoms with Gasteiger partial charge in [-0.25, -0.2) is 9.98 Å². The second-order valence-corrected chi connectivity index (χ2v) is 8.08. The maximum Gasteiger partial charge on any atom is 0.206 e. The fourth-order valence-electron chi connectivity index (χ4n) is 3.86. The zero-order valence-corrected chi connectivity index (χ0v) is 19.1. The van der Waals surface area contributed by atoms with Gasteiger partial charge in [0.1, 0.15) is 17.9 Å². The molecule has 0 radical (unpaired) electrons. The molecule has 32 heavy (non-hydrogen) atoms. The monoisotopic (exact) mass is 430 g/mol. The van der Waals surface area contributed by atoms with Crippen LogP contribution >= 0.6 is 0 Å². The van der Waals surface area contributed by atoms with Crippen LogP contribution in [0.25, 0.3) is 11.1 Å². The second kappa shape index (κ2) is 7.89. The number of nitrogens with two attached hydrogens (primary N) is 1. The highest BCUT2D eigenvalue weighted by Crippen LogP contribution is 2.39. The molecule has 3 aromatic rings. The SMILES string of the molecule is Cc1ccc2c(c1)[C@@H](C)Oc1cc(cnc1N)-c1c(nn(C)c1C#N)N(C)C(N(C)C)=N2. The summed E-state index contributed by atoms with van der Waals surface area (Å²) >= 11 is 0. The largest absolute Gasteiger partial charge is 0.482 e. The summed E-state index contributed by atoms with van der Waals surface area (Å²) in [5, 5.41) is 14.5. The number of fused-ring (bicyclic) bond motifs is 5. The highest BCUT2D eigenvalue weighted by Gasteiger charge is 2.27. The molecule has 9 heteroatoms. The fraction of sp³-hybridized carbons (Fsp3) is 0.304. The number of rotatable bonds is 0. The molecule has 1 aliphatic heterocycles. The van der Waals surface area contributed by atoms with Gasteiger partial charge in [0.05, 0.1) is 11.3 Å². The summed E-state index contributed by atoms with van der Waals surface area (Å²) in [6, 6.07) is 10.1. The number of nitrogen functional groups attached to an aromatic ring is 1. The summed E-state index contributed by atoms with van der Waals surface area (Å²) in [5.41, 5.74) is 10.7. The molecule has 2 N–H and O–H groups in total. The predicted molar refractivity (Wildman–Crippen MR) is 125 cm³/mol. The highest BCUT2D eigenvalue weighted by molar-refractivity contribution is 6.00. The number of nitriles is 1. The van der Waals surface area contributed by atoms with Crippen LogP contribution in [0.3, 0.4) is 0 Å². The number of anilines is 2. The molecule has 3 heterocycles. The van der Waals surface area contributed by atoms with E-state index < -0.39 is 0 Å². The first kappa shape index (κ1) is 21.2. The van der Waals surface area contributed by atoms with Gasteiger partial charge in [0, 0.05) is 45.5 Å². The van der Waals surface area contributed by atoms with Gasteiger partial charge in [0.15, 0.2) is 17.4 Å². The molecule has 0 saturated heterocycles. The van der Waals surface area contributed by atoms with E-state index in [4.69, 9.17) is 15.5 Å². The Labute approximate surface area is 187 Å². The fourth-order valence-corrected chi connectivity index (χ4v) is 3.86. The number of aryl methyl sites for hydroxylation is 2. The number of aliphatic imine (C=N–C) groups is 1. The predicted octanol–water partition coefficient (Wildman–Crippen LogP) is 3.38. The lowest BCUT2D eigenvalue weighted by Gasteiger charge is -2.27. The Morgan fingerprint density at radius 1 is 1.22 bits per heavy atom. The van der Waals surface area contributed by atoms with Crippen LogP contribution in [0.2, 0.25) is 0 Å². The normalized spacial score (nSPS) is 15.3. The molecule has 0 unspecified atom stereocenters. The summed E-state index contributed by atoms with van der Waals surface area (Å²) in [5.74, 6) is 1.97. The van der Waals surface area contributed by atoms with E-state index in [1.54, 1.807) is 17.9 Å². The Morgan fingerprint density at radius 3 is 2.66 bits per heavy atom. The van der Waals surface area contributed by atoms with Crippen LogP contribution < -0.4 is 15.4 Å². The molecule has 0 saturated carbocycles. The number of aromatic nitrogens is 3. The molecule has 9 nitrogen and oxygen atoms in total. The Balaban J connectivity index is 2.08. The van der Waals surface area contributed by atoms with Crippen molar-refractivity contribution in [2.24, 2.45) is 12.0 Å². The van der Waals surface area contributed by atoms with Crippen molar-refractivity contribution in [2.75, 3.05) is 31.8 Å². The molecule has 0 amide bonds. The summed E-state index contributed by atoms with van der Waals surface area (Å²) < 4.78 is 7.82. The Bertz CT molecular complexity index is 1270. The topological polar surface area (TPSA) is 109 Å². The third-order valence-electron chi connectivity index (χ3n) is 5.47. The van der Waals surface area contributed by atoms with Crippen LogP contribution in [-0.4, -0.2) is 46.8 Å². The van der Waals surface area contributed by atoms with Crippen LogP contribution in [0.4, 0.5) is 17.3 Å². The molecule has 1 atom stereocenters. The average molecular weight is 431 g/mol. The number of benzene rings is 1. The third kappa shape index (κ3) is 3.50. The van der Waals surface area contributed by atoms with E-state index in [1.165, 1.54) is 0 Å². The van der Waals surface area contributed by atoms with Crippen molar-refractivity contribution in [3.63, 3.8) is 0 Å². The first-order chi connectivity index (χ1) is 15.2. The first-order valence-electron chi connectivity index (χ1n) is 10.2. The Hall–Kier alpha value is -4.06. The van der Waals surface area contributed by atoms with Gasteiger partial charge in [-0.15, -0.1) is 0 Å². The third-order valence-corrected chi connectivity index (χ3v) is 5.47. The van der Waals surface area contributed by atoms with E-state index in [0.29, 0.717) is 34.3 Å². The number of pyridine rings is 1. The van der Waals surface area contributed by atoms with Gasteiger partial charge in [0.2, 0.25) is 5.96 Å². The lowest BCUT2D eigenvalue weighted by molar-refractivity contribution is 0.228. The highest BCUT2D eigenvalue weighted by atomic mass is 16.5. The van der Waals surface area contributed by atoms with Gasteiger partial charge in [-0.3, -0.25) is 9.58 Å². The van der Waals surface area contributed by atoms with Gasteiger partial charge in [-0.05, 0) is 26.0 Å². The second-order valence-electron chi connectivity index (χ2n) is 8.08. The molecule has 2 bridgehead atoms. The van der Waals surface area contributed by atoms with Crippen LogP contribution in [0.15, 0.2) is 35.5 Å². The molecule has 0 aliphatic carbocycles. The van der Waals surface area contributed by atoms with Crippen LogP contribution in [0, 0.1) is 18.3 Å². The van der Waals surface area contributed by atoms with Gasteiger partial charge >= 0.3 is 0 Å². The number of ether oxygens (including phenoxy) is 1. The summed E-state index contributed by atoms with van der Waals surface area (Å²) in [6.07, 6.45) is 1.31.